The van der Waals surface area contributed by atoms with Gasteiger partial charge in [-0.25, -0.2) is 0 Å². The zero-order valence-electron chi connectivity index (χ0n) is 9.57. The summed E-state index contributed by atoms with van der Waals surface area (Å²) in [5.74, 6) is 0.989. The number of hydrogen-bond acceptors (Lipinski definition) is 5. The van der Waals surface area contributed by atoms with Crippen molar-refractivity contribution >= 4 is 17.7 Å². The fourth-order valence-corrected chi connectivity index (χ4v) is 2.10. The van der Waals surface area contributed by atoms with Crippen molar-refractivity contribution in [2.45, 2.75) is 11.7 Å². The number of nitrogens with two attached hydrogens (primary N) is 1. The van der Waals surface area contributed by atoms with E-state index >= 15 is 0 Å². The molecule has 2 N–H and O–H groups in total. The number of carbonyl (C=O) groups excluding carboxylic acids is 1. The molecule has 0 atom stereocenters. The van der Waals surface area contributed by atoms with E-state index in [2.05, 4.69) is 16.8 Å². The van der Waals surface area contributed by atoms with Gasteiger partial charge >= 0.3 is 0 Å². The van der Waals surface area contributed by atoms with E-state index in [9.17, 15) is 4.79 Å². The van der Waals surface area contributed by atoms with Crippen LogP contribution in [0.5, 0.6) is 0 Å². The molecule has 0 aliphatic carbocycles. The molecule has 2 rings (SSSR count). The molecular weight excluding hydrogens is 252 g/mol. The van der Waals surface area contributed by atoms with Crippen molar-refractivity contribution in [3.05, 3.63) is 31.1 Å². The highest BCUT2D eigenvalue weighted by Crippen LogP contribution is 2.24. The number of rotatable bonds is 6. The van der Waals surface area contributed by atoms with Crippen LogP contribution in [0.25, 0.3) is 11.6 Å². The molecule has 0 spiro atoms. The summed E-state index contributed by atoms with van der Waals surface area (Å²) < 4.78 is 7.11. The van der Waals surface area contributed by atoms with Crippen LogP contribution in [0.2, 0.25) is 0 Å². The monoisotopic (exact) mass is 264 g/mol. The second kappa shape index (κ2) is 5.54. The molecule has 7 heteroatoms. The molecule has 94 valence electrons. The number of nitrogens with zero attached hydrogens (tertiary/aromatic N) is 3. The fraction of sp³-hybridized carbons (Fsp3) is 0.182. The lowest BCUT2D eigenvalue weighted by Gasteiger charge is -2.04. The predicted octanol–water partition coefficient (Wildman–Crippen LogP) is 1.30. The minimum Gasteiger partial charge on any atom is -0.461 e. The first-order valence-electron chi connectivity index (χ1n) is 5.21. The Hall–Kier alpha value is -2.02. The first-order chi connectivity index (χ1) is 8.72. The van der Waals surface area contributed by atoms with Crippen molar-refractivity contribution in [1.29, 1.82) is 0 Å². The van der Waals surface area contributed by atoms with Gasteiger partial charge in [0.1, 0.15) is 0 Å². The summed E-state index contributed by atoms with van der Waals surface area (Å²) in [6.45, 7) is 4.22. The van der Waals surface area contributed by atoms with Gasteiger partial charge in [0.15, 0.2) is 10.9 Å². The van der Waals surface area contributed by atoms with Crippen LogP contribution in [0.3, 0.4) is 0 Å². The summed E-state index contributed by atoms with van der Waals surface area (Å²) in [5, 5.41) is 8.69. The van der Waals surface area contributed by atoms with Gasteiger partial charge in [-0.3, -0.25) is 9.36 Å². The molecule has 0 saturated heterocycles. The standard InChI is InChI=1S/C11H12N4O2S/c1-2-5-15-10(8-4-3-6-17-8)13-14-11(15)18-7-9(12)16/h2-4,6H,1,5,7H2,(H2,12,16). The van der Waals surface area contributed by atoms with Gasteiger partial charge in [-0.2, -0.15) is 0 Å². The summed E-state index contributed by atoms with van der Waals surface area (Å²) in [6, 6.07) is 3.57. The number of furan rings is 1. The summed E-state index contributed by atoms with van der Waals surface area (Å²) in [6.07, 6.45) is 3.29. The van der Waals surface area contributed by atoms with Crippen molar-refractivity contribution in [3.8, 4) is 11.6 Å². The van der Waals surface area contributed by atoms with E-state index in [0.29, 0.717) is 23.3 Å². The second-order valence-electron chi connectivity index (χ2n) is 3.44. The van der Waals surface area contributed by atoms with Gasteiger partial charge in [0.05, 0.1) is 12.0 Å². The maximum Gasteiger partial charge on any atom is 0.227 e. The van der Waals surface area contributed by atoms with E-state index in [1.54, 1.807) is 24.5 Å². The van der Waals surface area contributed by atoms with E-state index in [4.69, 9.17) is 10.2 Å². The number of thioether (sulfide) groups is 1. The number of aromatic nitrogens is 3. The fourth-order valence-electron chi connectivity index (χ4n) is 1.41. The number of primary amides is 1. The minimum atomic E-state index is -0.396. The Kier molecular flexibility index (Phi) is 3.83. The van der Waals surface area contributed by atoms with E-state index in [1.165, 1.54) is 11.8 Å². The third-order valence-electron chi connectivity index (χ3n) is 2.11. The predicted molar refractivity (Wildman–Crippen MR) is 67.8 cm³/mol. The summed E-state index contributed by atoms with van der Waals surface area (Å²) in [5.41, 5.74) is 5.11. The van der Waals surface area contributed by atoms with Gasteiger partial charge in [-0.05, 0) is 12.1 Å². The number of allylic oxidation sites excluding steroid dienone is 1. The lowest BCUT2D eigenvalue weighted by molar-refractivity contribution is -0.115. The first kappa shape index (κ1) is 12.4. The molecule has 2 aromatic heterocycles. The molecule has 0 aromatic carbocycles. The number of carbonyl (C=O) groups is 1. The molecule has 2 aromatic rings. The van der Waals surface area contributed by atoms with Crippen molar-refractivity contribution in [3.63, 3.8) is 0 Å². The molecule has 0 aliphatic heterocycles. The molecular formula is C11H12N4O2S. The molecule has 0 bridgehead atoms. The molecule has 0 saturated carbocycles. The van der Waals surface area contributed by atoms with Crippen molar-refractivity contribution in [2.24, 2.45) is 5.73 Å². The summed E-state index contributed by atoms with van der Waals surface area (Å²) >= 11 is 1.24. The lowest BCUT2D eigenvalue weighted by atomic mass is 10.4. The maximum absolute atomic E-state index is 10.8. The van der Waals surface area contributed by atoms with Gasteiger partial charge in [0, 0.05) is 6.54 Å². The zero-order valence-corrected chi connectivity index (χ0v) is 10.4. The average molecular weight is 264 g/mol. The van der Waals surface area contributed by atoms with Crippen molar-refractivity contribution in [2.75, 3.05) is 5.75 Å². The number of amides is 1. The SMILES string of the molecule is C=CCn1c(SCC(N)=O)nnc1-c1ccco1. The Balaban J connectivity index is 2.31. The van der Waals surface area contributed by atoms with Gasteiger partial charge < -0.3 is 10.2 Å². The first-order valence-corrected chi connectivity index (χ1v) is 6.20. The summed E-state index contributed by atoms with van der Waals surface area (Å²) in [7, 11) is 0. The van der Waals surface area contributed by atoms with Crippen molar-refractivity contribution < 1.29 is 9.21 Å². The molecule has 1 amide bonds. The number of hydrogen-bond donors (Lipinski definition) is 1. The Morgan fingerprint density at radius 1 is 1.61 bits per heavy atom. The highest BCUT2D eigenvalue weighted by molar-refractivity contribution is 7.99. The molecule has 6 nitrogen and oxygen atoms in total. The van der Waals surface area contributed by atoms with Crippen LogP contribution in [-0.2, 0) is 11.3 Å². The van der Waals surface area contributed by atoms with E-state index in [0.717, 1.165) is 0 Å². The molecule has 2 heterocycles. The highest BCUT2D eigenvalue weighted by atomic mass is 32.2. The Morgan fingerprint density at radius 2 is 2.44 bits per heavy atom. The second-order valence-corrected chi connectivity index (χ2v) is 4.38. The van der Waals surface area contributed by atoms with Crippen LogP contribution in [-0.4, -0.2) is 26.4 Å². The van der Waals surface area contributed by atoms with Gasteiger partial charge in [-0.15, -0.1) is 16.8 Å². The van der Waals surface area contributed by atoms with Crippen molar-refractivity contribution in [1.82, 2.24) is 14.8 Å². The van der Waals surface area contributed by atoms with Gasteiger partial charge in [0.25, 0.3) is 0 Å². The lowest BCUT2D eigenvalue weighted by Crippen LogP contribution is -2.13. The van der Waals surface area contributed by atoms with Gasteiger partial charge in [-0.1, -0.05) is 17.8 Å². The molecule has 0 radical (unpaired) electrons. The zero-order chi connectivity index (χ0) is 13.0. The van der Waals surface area contributed by atoms with E-state index in [1.807, 2.05) is 4.57 Å². The third-order valence-corrected chi connectivity index (χ3v) is 3.10. The van der Waals surface area contributed by atoms with E-state index in [-0.39, 0.29) is 5.75 Å². The average Bonchev–Trinajstić information content (AvgIpc) is 2.95. The van der Waals surface area contributed by atoms with Gasteiger partial charge in [0.2, 0.25) is 11.7 Å². The molecule has 0 unspecified atom stereocenters. The quantitative estimate of drug-likeness (QED) is 0.627. The van der Waals surface area contributed by atoms with E-state index < -0.39 is 5.91 Å². The molecule has 0 fully saturated rings. The smallest absolute Gasteiger partial charge is 0.227 e. The Bertz CT molecular complexity index is 547. The van der Waals surface area contributed by atoms with Crippen LogP contribution < -0.4 is 5.73 Å². The van der Waals surface area contributed by atoms with Crippen LogP contribution in [0, 0.1) is 0 Å². The Labute approximate surface area is 108 Å². The topological polar surface area (TPSA) is 86.9 Å². The summed E-state index contributed by atoms with van der Waals surface area (Å²) in [4.78, 5) is 10.8. The largest absolute Gasteiger partial charge is 0.461 e. The third kappa shape index (κ3) is 2.62. The highest BCUT2D eigenvalue weighted by Gasteiger charge is 2.15. The maximum atomic E-state index is 10.8. The molecule has 0 aliphatic rings. The normalized spacial score (nSPS) is 10.4. The van der Waals surface area contributed by atoms with Crippen LogP contribution in [0.15, 0.2) is 40.6 Å². The minimum absolute atomic E-state index is 0.160. The van der Waals surface area contributed by atoms with Crippen LogP contribution in [0.1, 0.15) is 0 Å². The van der Waals surface area contributed by atoms with Crippen LogP contribution >= 0.6 is 11.8 Å². The van der Waals surface area contributed by atoms with Crippen LogP contribution in [0.4, 0.5) is 0 Å². The molecule has 18 heavy (non-hydrogen) atoms. The Morgan fingerprint density at radius 3 is 3.06 bits per heavy atom.